The zero-order chi connectivity index (χ0) is 14.3. The average Bonchev–Trinajstić information content (AvgIpc) is 2.31. The van der Waals surface area contributed by atoms with E-state index in [-0.39, 0.29) is 23.7 Å². The SMILES string of the molecule is CC1(O)CCN(S(=O)(=O)c2cc(Cl)ccc2N)CC1. The third-order valence-electron chi connectivity index (χ3n) is 3.39. The van der Waals surface area contributed by atoms with E-state index in [1.165, 1.54) is 16.4 Å². The lowest BCUT2D eigenvalue weighted by Gasteiger charge is -2.35. The molecule has 5 nitrogen and oxygen atoms in total. The monoisotopic (exact) mass is 304 g/mol. The van der Waals surface area contributed by atoms with E-state index in [9.17, 15) is 13.5 Å². The normalized spacial score (nSPS) is 20.4. The van der Waals surface area contributed by atoms with Crippen molar-refractivity contribution >= 4 is 27.3 Å². The van der Waals surface area contributed by atoms with Crippen LogP contribution < -0.4 is 5.73 Å². The van der Waals surface area contributed by atoms with Crippen LogP contribution in [-0.4, -0.2) is 36.5 Å². The number of anilines is 1. The number of piperidine rings is 1. The molecular weight excluding hydrogens is 288 g/mol. The maximum absolute atomic E-state index is 12.5. The molecule has 2 rings (SSSR count). The summed E-state index contributed by atoms with van der Waals surface area (Å²) in [5, 5.41) is 10.2. The maximum Gasteiger partial charge on any atom is 0.245 e. The molecule has 1 aliphatic heterocycles. The first-order valence-corrected chi connectivity index (χ1v) is 7.82. The zero-order valence-corrected chi connectivity index (χ0v) is 12.2. The summed E-state index contributed by atoms with van der Waals surface area (Å²) in [5.74, 6) is 0. The van der Waals surface area contributed by atoms with E-state index >= 15 is 0 Å². The van der Waals surface area contributed by atoms with Crippen LogP contribution in [0.3, 0.4) is 0 Å². The van der Waals surface area contributed by atoms with Gasteiger partial charge < -0.3 is 10.8 Å². The van der Waals surface area contributed by atoms with Crippen LogP contribution in [0.4, 0.5) is 5.69 Å². The Bertz CT molecular complexity index is 577. The van der Waals surface area contributed by atoms with Gasteiger partial charge in [0, 0.05) is 18.1 Å². The molecule has 0 amide bonds. The molecule has 1 heterocycles. The van der Waals surface area contributed by atoms with Gasteiger partial charge in [0.05, 0.1) is 11.3 Å². The van der Waals surface area contributed by atoms with Gasteiger partial charge in [-0.25, -0.2) is 8.42 Å². The van der Waals surface area contributed by atoms with Crippen molar-refractivity contribution in [1.29, 1.82) is 0 Å². The Morgan fingerprint density at radius 3 is 2.53 bits per heavy atom. The second-order valence-electron chi connectivity index (χ2n) is 5.08. The Balaban J connectivity index is 2.31. The molecule has 0 spiro atoms. The molecule has 1 aromatic carbocycles. The maximum atomic E-state index is 12.5. The second kappa shape index (κ2) is 4.94. The van der Waals surface area contributed by atoms with Crippen molar-refractivity contribution in [2.75, 3.05) is 18.8 Å². The van der Waals surface area contributed by atoms with E-state index in [1.54, 1.807) is 13.0 Å². The number of nitrogens with zero attached hydrogens (tertiary/aromatic N) is 1. The van der Waals surface area contributed by atoms with Crippen molar-refractivity contribution in [3.8, 4) is 0 Å². The van der Waals surface area contributed by atoms with E-state index in [0.717, 1.165) is 0 Å². The molecule has 0 bridgehead atoms. The fraction of sp³-hybridized carbons (Fsp3) is 0.500. The van der Waals surface area contributed by atoms with Crippen LogP contribution in [0, 0.1) is 0 Å². The predicted octanol–water partition coefficient (Wildman–Crippen LogP) is 1.46. The van der Waals surface area contributed by atoms with E-state index in [4.69, 9.17) is 17.3 Å². The number of nitrogens with two attached hydrogens (primary N) is 1. The number of hydrogen-bond donors (Lipinski definition) is 2. The summed E-state index contributed by atoms with van der Waals surface area (Å²) in [4.78, 5) is 0.0292. The van der Waals surface area contributed by atoms with Gasteiger partial charge in [-0.1, -0.05) is 11.6 Å². The first-order valence-electron chi connectivity index (χ1n) is 6.00. The van der Waals surface area contributed by atoms with Gasteiger partial charge in [0.2, 0.25) is 10.0 Å². The number of halogens is 1. The number of sulfonamides is 1. The first-order chi connectivity index (χ1) is 8.72. The molecule has 1 saturated heterocycles. The van der Waals surface area contributed by atoms with Gasteiger partial charge in [-0.15, -0.1) is 0 Å². The van der Waals surface area contributed by atoms with Gasteiger partial charge in [0.25, 0.3) is 0 Å². The molecule has 7 heteroatoms. The van der Waals surface area contributed by atoms with Gasteiger partial charge in [-0.05, 0) is 38.0 Å². The van der Waals surface area contributed by atoms with Crippen LogP contribution in [-0.2, 0) is 10.0 Å². The fourth-order valence-corrected chi connectivity index (χ4v) is 3.90. The Labute approximate surface area is 118 Å². The molecule has 106 valence electrons. The molecule has 0 unspecified atom stereocenters. The van der Waals surface area contributed by atoms with Crippen molar-refractivity contribution in [3.05, 3.63) is 23.2 Å². The molecule has 3 N–H and O–H groups in total. The highest BCUT2D eigenvalue weighted by molar-refractivity contribution is 7.89. The van der Waals surface area contributed by atoms with E-state index in [1.807, 2.05) is 0 Å². The van der Waals surface area contributed by atoms with Gasteiger partial charge in [-0.2, -0.15) is 4.31 Å². The summed E-state index contributed by atoms with van der Waals surface area (Å²) in [6.07, 6.45) is 0.819. The molecule has 0 aromatic heterocycles. The predicted molar refractivity (Wildman–Crippen MR) is 74.5 cm³/mol. The molecule has 0 aliphatic carbocycles. The number of nitrogen functional groups attached to an aromatic ring is 1. The first kappa shape index (κ1) is 14.6. The molecular formula is C12H17ClN2O3S. The Kier molecular flexibility index (Phi) is 3.79. The quantitative estimate of drug-likeness (QED) is 0.810. The zero-order valence-electron chi connectivity index (χ0n) is 10.6. The minimum Gasteiger partial charge on any atom is -0.398 e. The standard InChI is InChI=1S/C12H17ClN2O3S/c1-12(16)4-6-15(7-5-12)19(17,18)11-8-9(13)2-3-10(11)14/h2-3,8,16H,4-7,14H2,1H3. The number of aliphatic hydroxyl groups is 1. The third kappa shape index (κ3) is 3.02. The molecule has 0 saturated carbocycles. The topological polar surface area (TPSA) is 83.6 Å². The Hall–Kier alpha value is -0.820. The van der Waals surface area contributed by atoms with Crippen LogP contribution in [0.2, 0.25) is 5.02 Å². The van der Waals surface area contributed by atoms with Crippen molar-refractivity contribution in [1.82, 2.24) is 4.31 Å². The van der Waals surface area contributed by atoms with Gasteiger partial charge in [-0.3, -0.25) is 0 Å². The third-order valence-corrected chi connectivity index (χ3v) is 5.58. The lowest BCUT2D eigenvalue weighted by atomic mass is 9.95. The largest absolute Gasteiger partial charge is 0.398 e. The molecule has 19 heavy (non-hydrogen) atoms. The summed E-state index contributed by atoms with van der Waals surface area (Å²) in [7, 11) is -3.65. The summed E-state index contributed by atoms with van der Waals surface area (Å²) >= 11 is 5.83. The summed E-state index contributed by atoms with van der Waals surface area (Å²) in [6, 6.07) is 4.39. The Morgan fingerprint density at radius 2 is 1.95 bits per heavy atom. The number of rotatable bonds is 2. The van der Waals surface area contributed by atoms with E-state index in [2.05, 4.69) is 0 Å². The lowest BCUT2D eigenvalue weighted by molar-refractivity contribution is 0.0126. The number of hydrogen-bond acceptors (Lipinski definition) is 4. The van der Waals surface area contributed by atoms with E-state index in [0.29, 0.717) is 17.9 Å². The van der Waals surface area contributed by atoms with Gasteiger partial charge in [0.1, 0.15) is 4.90 Å². The summed E-state index contributed by atoms with van der Waals surface area (Å²) < 4.78 is 26.3. The highest BCUT2D eigenvalue weighted by atomic mass is 35.5. The van der Waals surface area contributed by atoms with E-state index < -0.39 is 15.6 Å². The Morgan fingerprint density at radius 1 is 1.37 bits per heavy atom. The highest BCUT2D eigenvalue weighted by Gasteiger charge is 2.34. The van der Waals surface area contributed by atoms with Gasteiger partial charge >= 0.3 is 0 Å². The molecule has 1 aliphatic rings. The number of benzene rings is 1. The molecule has 1 fully saturated rings. The average molecular weight is 305 g/mol. The fourth-order valence-electron chi connectivity index (χ4n) is 2.08. The van der Waals surface area contributed by atoms with Crippen molar-refractivity contribution in [3.63, 3.8) is 0 Å². The lowest BCUT2D eigenvalue weighted by Crippen LogP contribution is -2.45. The van der Waals surface area contributed by atoms with Crippen LogP contribution in [0.5, 0.6) is 0 Å². The minimum atomic E-state index is -3.65. The highest BCUT2D eigenvalue weighted by Crippen LogP contribution is 2.30. The summed E-state index contributed by atoms with van der Waals surface area (Å²) in [5.41, 5.74) is 5.10. The summed E-state index contributed by atoms with van der Waals surface area (Å²) in [6.45, 7) is 2.27. The minimum absolute atomic E-state index is 0.0292. The van der Waals surface area contributed by atoms with Crippen molar-refractivity contribution in [2.24, 2.45) is 0 Å². The van der Waals surface area contributed by atoms with Crippen molar-refractivity contribution < 1.29 is 13.5 Å². The van der Waals surface area contributed by atoms with Crippen LogP contribution >= 0.6 is 11.6 Å². The molecule has 0 radical (unpaired) electrons. The van der Waals surface area contributed by atoms with Crippen LogP contribution in [0.15, 0.2) is 23.1 Å². The van der Waals surface area contributed by atoms with Crippen LogP contribution in [0.1, 0.15) is 19.8 Å². The van der Waals surface area contributed by atoms with Crippen molar-refractivity contribution in [2.45, 2.75) is 30.3 Å². The molecule has 0 atom stereocenters. The smallest absolute Gasteiger partial charge is 0.245 e. The molecule has 1 aromatic rings. The van der Waals surface area contributed by atoms with Crippen LogP contribution in [0.25, 0.3) is 0 Å². The van der Waals surface area contributed by atoms with Gasteiger partial charge in [0.15, 0.2) is 0 Å². The second-order valence-corrected chi connectivity index (χ2v) is 7.43.